The van der Waals surface area contributed by atoms with Gasteiger partial charge in [0.25, 0.3) is 0 Å². The van der Waals surface area contributed by atoms with Crippen LogP contribution in [0, 0.1) is 6.92 Å². The molecular formula is C14H17N3O. The van der Waals surface area contributed by atoms with Crippen molar-refractivity contribution in [2.45, 2.75) is 26.3 Å². The molecule has 0 spiro atoms. The van der Waals surface area contributed by atoms with Crippen molar-refractivity contribution in [3.05, 3.63) is 53.3 Å². The number of aryl methyl sites for hydroxylation is 1. The number of hydrogen-bond donors (Lipinski definition) is 2. The molecule has 0 aliphatic carbocycles. The minimum Gasteiger partial charge on any atom is -0.349 e. The van der Waals surface area contributed by atoms with Crippen molar-refractivity contribution in [2.75, 3.05) is 0 Å². The van der Waals surface area contributed by atoms with E-state index in [1.54, 1.807) is 12.4 Å². The fourth-order valence-electron chi connectivity index (χ4n) is 1.76. The molecule has 1 unspecified atom stereocenters. The molecule has 2 rings (SSSR count). The molecule has 2 N–H and O–H groups in total. The highest BCUT2D eigenvalue weighted by atomic mass is 16.1. The summed E-state index contributed by atoms with van der Waals surface area (Å²) in [6.07, 6.45) is 3.91. The summed E-state index contributed by atoms with van der Waals surface area (Å²) in [5.41, 5.74) is 3.20. The van der Waals surface area contributed by atoms with Gasteiger partial charge in [-0.05, 0) is 19.4 Å². The molecule has 1 heterocycles. The fourth-order valence-corrected chi connectivity index (χ4v) is 1.76. The van der Waals surface area contributed by atoms with E-state index in [1.807, 2.05) is 38.1 Å². The smallest absolute Gasteiger partial charge is 0.224 e. The Morgan fingerprint density at radius 1 is 1.39 bits per heavy atom. The number of aromatic amines is 1. The van der Waals surface area contributed by atoms with Gasteiger partial charge in [-0.2, -0.15) is 5.10 Å². The van der Waals surface area contributed by atoms with Gasteiger partial charge in [-0.1, -0.05) is 29.8 Å². The summed E-state index contributed by atoms with van der Waals surface area (Å²) in [7, 11) is 0. The molecule has 18 heavy (non-hydrogen) atoms. The Balaban J connectivity index is 1.91. The molecule has 0 bridgehead atoms. The Morgan fingerprint density at radius 3 is 2.72 bits per heavy atom. The van der Waals surface area contributed by atoms with E-state index in [9.17, 15) is 4.79 Å². The normalized spacial score (nSPS) is 12.1. The molecule has 94 valence electrons. The molecule has 0 aliphatic heterocycles. The molecule has 4 nitrogen and oxygen atoms in total. The van der Waals surface area contributed by atoms with Crippen LogP contribution in [0.25, 0.3) is 0 Å². The van der Waals surface area contributed by atoms with Crippen LogP contribution < -0.4 is 5.32 Å². The van der Waals surface area contributed by atoms with Crippen LogP contribution in [0.4, 0.5) is 0 Å². The molecule has 2 aromatic rings. The highest BCUT2D eigenvalue weighted by Gasteiger charge is 2.10. The van der Waals surface area contributed by atoms with Crippen molar-refractivity contribution in [1.82, 2.24) is 15.5 Å². The Hall–Kier alpha value is -2.10. The molecule has 0 saturated heterocycles. The molecule has 0 radical (unpaired) electrons. The van der Waals surface area contributed by atoms with E-state index in [1.165, 1.54) is 5.56 Å². The molecule has 4 heteroatoms. The molecule has 0 fully saturated rings. The number of rotatable bonds is 4. The van der Waals surface area contributed by atoms with Gasteiger partial charge in [-0.25, -0.2) is 0 Å². The summed E-state index contributed by atoms with van der Waals surface area (Å²) in [6, 6.07) is 7.97. The number of hydrogen-bond acceptors (Lipinski definition) is 2. The molecule has 1 aromatic carbocycles. The molecule has 1 atom stereocenters. The minimum atomic E-state index is -0.0262. The second kappa shape index (κ2) is 5.49. The van der Waals surface area contributed by atoms with Crippen LogP contribution in [0.3, 0.4) is 0 Å². The summed E-state index contributed by atoms with van der Waals surface area (Å²) in [5, 5.41) is 9.55. The lowest BCUT2D eigenvalue weighted by molar-refractivity contribution is -0.121. The number of benzene rings is 1. The standard InChI is InChI=1S/C14H17N3O/c1-10-3-5-12(6-4-10)7-14(18)17-11(2)13-8-15-16-9-13/h3-6,8-9,11H,7H2,1-2H3,(H,15,16)(H,17,18). The van der Waals surface area contributed by atoms with Crippen LogP contribution in [-0.4, -0.2) is 16.1 Å². The van der Waals surface area contributed by atoms with Gasteiger partial charge < -0.3 is 5.32 Å². The van der Waals surface area contributed by atoms with Crippen molar-refractivity contribution in [1.29, 1.82) is 0 Å². The summed E-state index contributed by atoms with van der Waals surface area (Å²) < 4.78 is 0. The third-order valence-corrected chi connectivity index (χ3v) is 2.88. The van der Waals surface area contributed by atoms with Crippen LogP contribution in [0.2, 0.25) is 0 Å². The van der Waals surface area contributed by atoms with E-state index < -0.39 is 0 Å². The zero-order valence-electron chi connectivity index (χ0n) is 10.6. The van der Waals surface area contributed by atoms with Gasteiger partial charge in [0.05, 0.1) is 18.7 Å². The van der Waals surface area contributed by atoms with Gasteiger partial charge in [-0.3, -0.25) is 9.89 Å². The van der Waals surface area contributed by atoms with Gasteiger partial charge in [0.1, 0.15) is 0 Å². The number of nitrogens with one attached hydrogen (secondary N) is 2. The lowest BCUT2D eigenvalue weighted by atomic mass is 10.1. The van der Waals surface area contributed by atoms with Crippen LogP contribution in [0.5, 0.6) is 0 Å². The summed E-state index contributed by atoms with van der Waals surface area (Å²) in [5.74, 6) is 0.0209. The minimum absolute atomic E-state index is 0.0209. The zero-order valence-corrected chi connectivity index (χ0v) is 10.6. The predicted octanol–water partition coefficient (Wildman–Crippen LogP) is 2.14. The van der Waals surface area contributed by atoms with E-state index in [0.29, 0.717) is 6.42 Å². The van der Waals surface area contributed by atoms with Gasteiger partial charge in [-0.15, -0.1) is 0 Å². The van der Waals surface area contributed by atoms with Crippen molar-refractivity contribution in [3.8, 4) is 0 Å². The number of carbonyl (C=O) groups is 1. The van der Waals surface area contributed by atoms with Crippen molar-refractivity contribution in [2.24, 2.45) is 0 Å². The first-order chi connectivity index (χ1) is 8.65. The maximum absolute atomic E-state index is 11.9. The van der Waals surface area contributed by atoms with Crippen LogP contribution >= 0.6 is 0 Å². The first-order valence-electron chi connectivity index (χ1n) is 5.99. The lowest BCUT2D eigenvalue weighted by Crippen LogP contribution is -2.27. The highest BCUT2D eigenvalue weighted by Crippen LogP contribution is 2.10. The molecule has 0 saturated carbocycles. The Morgan fingerprint density at radius 2 is 2.11 bits per heavy atom. The first kappa shape index (κ1) is 12.4. The second-order valence-corrected chi connectivity index (χ2v) is 4.48. The number of nitrogens with zero attached hydrogens (tertiary/aromatic N) is 1. The average Bonchev–Trinajstić information content (AvgIpc) is 2.85. The summed E-state index contributed by atoms with van der Waals surface area (Å²) >= 11 is 0. The van der Waals surface area contributed by atoms with Crippen molar-refractivity contribution < 1.29 is 4.79 Å². The third-order valence-electron chi connectivity index (χ3n) is 2.88. The third kappa shape index (κ3) is 3.20. The SMILES string of the molecule is Cc1ccc(CC(=O)NC(C)c2cn[nH]c2)cc1. The first-order valence-corrected chi connectivity index (χ1v) is 5.99. The van der Waals surface area contributed by atoms with E-state index in [0.717, 1.165) is 11.1 Å². The van der Waals surface area contributed by atoms with Gasteiger partial charge in [0, 0.05) is 11.8 Å². The van der Waals surface area contributed by atoms with Crippen LogP contribution in [0.1, 0.15) is 29.7 Å². The van der Waals surface area contributed by atoms with Gasteiger partial charge in [0.15, 0.2) is 0 Å². The number of aromatic nitrogens is 2. The molecule has 1 amide bonds. The fraction of sp³-hybridized carbons (Fsp3) is 0.286. The van der Waals surface area contributed by atoms with Crippen molar-refractivity contribution in [3.63, 3.8) is 0 Å². The van der Waals surface area contributed by atoms with Crippen LogP contribution in [0.15, 0.2) is 36.7 Å². The average molecular weight is 243 g/mol. The van der Waals surface area contributed by atoms with Gasteiger partial charge in [0.2, 0.25) is 5.91 Å². The monoisotopic (exact) mass is 243 g/mol. The number of amides is 1. The number of carbonyl (C=O) groups excluding carboxylic acids is 1. The topological polar surface area (TPSA) is 57.8 Å². The maximum Gasteiger partial charge on any atom is 0.224 e. The highest BCUT2D eigenvalue weighted by molar-refractivity contribution is 5.78. The summed E-state index contributed by atoms with van der Waals surface area (Å²) in [6.45, 7) is 3.97. The Bertz CT molecular complexity index is 502. The van der Waals surface area contributed by atoms with E-state index in [2.05, 4.69) is 15.5 Å². The van der Waals surface area contributed by atoms with E-state index in [4.69, 9.17) is 0 Å². The Kier molecular flexibility index (Phi) is 3.77. The Labute approximate surface area is 106 Å². The van der Waals surface area contributed by atoms with Crippen LogP contribution in [-0.2, 0) is 11.2 Å². The van der Waals surface area contributed by atoms with Crippen molar-refractivity contribution >= 4 is 5.91 Å². The predicted molar refractivity (Wildman–Crippen MR) is 70.0 cm³/mol. The zero-order chi connectivity index (χ0) is 13.0. The summed E-state index contributed by atoms with van der Waals surface area (Å²) in [4.78, 5) is 11.9. The van der Waals surface area contributed by atoms with E-state index >= 15 is 0 Å². The largest absolute Gasteiger partial charge is 0.349 e. The molecule has 1 aromatic heterocycles. The second-order valence-electron chi connectivity index (χ2n) is 4.48. The quantitative estimate of drug-likeness (QED) is 0.864. The number of H-pyrrole nitrogens is 1. The maximum atomic E-state index is 11.9. The lowest BCUT2D eigenvalue weighted by Gasteiger charge is -2.12. The van der Waals surface area contributed by atoms with Gasteiger partial charge >= 0.3 is 0 Å². The molecular weight excluding hydrogens is 226 g/mol. The molecule has 0 aliphatic rings. The van der Waals surface area contributed by atoms with E-state index in [-0.39, 0.29) is 11.9 Å².